The lowest BCUT2D eigenvalue weighted by atomic mass is 10.1. The zero-order chi connectivity index (χ0) is 20.8. The molecule has 150 valence electrons. The number of benzene rings is 2. The van der Waals surface area contributed by atoms with Crippen molar-refractivity contribution in [3.05, 3.63) is 61.4 Å². The lowest BCUT2D eigenvalue weighted by Gasteiger charge is -2.18. The van der Waals surface area contributed by atoms with Crippen molar-refractivity contribution >= 4 is 41.6 Å². The summed E-state index contributed by atoms with van der Waals surface area (Å²) in [6, 6.07) is 9.78. The third-order valence-electron chi connectivity index (χ3n) is 4.68. The highest BCUT2D eigenvalue weighted by atomic mass is 32.1. The van der Waals surface area contributed by atoms with Crippen LogP contribution in [0.15, 0.2) is 47.0 Å². The molecule has 3 aromatic rings. The summed E-state index contributed by atoms with van der Waals surface area (Å²) in [5.41, 5.74) is 0.928. The first-order valence-corrected chi connectivity index (χ1v) is 10.2. The molecule has 0 radical (unpaired) electrons. The molecule has 0 fully saturated rings. The van der Waals surface area contributed by atoms with E-state index in [9.17, 15) is 15.0 Å². The van der Waals surface area contributed by atoms with E-state index in [0.717, 1.165) is 5.22 Å². The average molecular weight is 438 g/mol. The van der Waals surface area contributed by atoms with Gasteiger partial charge in [-0.3, -0.25) is 9.36 Å². The molecule has 2 aliphatic rings. The minimum atomic E-state index is -0.422. The molecule has 7 nitrogen and oxygen atoms in total. The van der Waals surface area contributed by atoms with E-state index in [2.05, 4.69) is 4.99 Å². The number of nitrogens with zero attached hydrogens (tertiary/aromatic N) is 2. The van der Waals surface area contributed by atoms with Crippen LogP contribution < -0.4 is 20.0 Å². The van der Waals surface area contributed by atoms with Crippen molar-refractivity contribution in [3.8, 4) is 28.8 Å². The quantitative estimate of drug-likeness (QED) is 0.472. The van der Waals surface area contributed by atoms with Gasteiger partial charge in [-0.25, -0.2) is 4.99 Å². The summed E-state index contributed by atoms with van der Waals surface area (Å²) in [5.74, 6) is 0.782. The first-order valence-electron chi connectivity index (χ1n) is 9.00. The molecule has 2 N–H and O–H groups in total. The van der Waals surface area contributed by atoms with Crippen LogP contribution in [-0.2, 0) is 4.79 Å². The van der Waals surface area contributed by atoms with Gasteiger partial charge in [0.1, 0.15) is 19.0 Å². The number of carbonyl (C=O) groups excluding carboxylic acids is 1. The predicted molar refractivity (Wildman–Crippen MR) is 113 cm³/mol. The molecule has 3 heterocycles. The Balaban J connectivity index is 1.60. The monoisotopic (exact) mass is 438 g/mol. The van der Waals surface area contributed by atoms with Gasteiger partial charge < -0.3 is 19.7 Å². The van der Waals surface area contributed by atoms with Gasteiger partial charge in [0, 0.05) is 16.9 Å². The highest BCUT2D eigenvalue weighted by Crippen LogP contribution is 2.32. The van der Waals surface area contributed by atoms with Crippen LogP contribution in [0.5, 0.6) is 23.1 Å². The minimum absolute atomic E-state index is 0.0858. The number of rotatable bonds is 2. The maximum Gasteiger partial charge on any atom is 0.277 e. The second kappa shape index (κ2) is 7.12. The number of phenols is 1. The summed E-state index contributed by atoms with van der Waals surface area (Å²) in [4.78, 5) is 17.1. The van der Waals surface area contributed by atoms with Gasteiger partial charge >= 0.3 is 0 Å². The van der Waals surface area contributed by atoms with Gasteiger partial charge in [-0.15, -0.1) is 11.3 Å². The van der Waals surface area contributed by atoms with E-state index in [4.69, 9.17) is 21.7 Å². The Morgan fingerprint density at radius 3 is 2.53 bits per heavy atom. The summed E-state index contributed by atoms with van der Waals surface area (Å²) in [6.07, 6.45) is 3.27. The summed E-state index contributed by atoms with van der Waals surface area (Å²) in [6.45, 7) is 0.920. The van der Waals surface area contributed by atoms with Crippen LogP contribution in [0.1, 0.15) is 4.88 Å². The number of amides is 1. The first-order chi connectivity index (χ1) is 14.5. The number of hydrogen-bond donors (Lipinski definition) is 2. The Hall–Kier alpha value is -3.43. The molecule has 1 aromatic heterocycles. The molecular formula is C21H14N2O5S2. The lowest BCUT2D eigenvalue weighted by molar-refractivity contribution is -0.114. The van der Waals surface area contributed by atoms with Crippen LogP contribution in [-0.4, -0.2) is 33.9 Å². The zero-order valence-corrected chi connectivity index (χ0v) is 17.0. The number of fused-ring (bicyclic) bond motifs is 2. The molecule has 0 saturated heterocycles. The fourth-order valence-corrected chi connectivity index (χ4v) is 4.56. The van der Waals surface area contributed by atoms with Gasteiger partial charge in [0.05, 0.1) is 15.9 Å². The average Bonchev–Trinajstić information content (AvgIpc) is 3.01. The summed E-state index contributed by atoms with van der Waals surface area (Å²) in [5, 5.41) is 21.4. The molecule has 0 saturated carbocycles. The van der Waals surface area contributed by atoms with E-state index >= 15 is 0 Å². The second-order valence-corrected chi connectivity index (χ2v) is 8.30. The topological polar surface area (TPSA) is 93.3 Å². The van der Waals surface area contributed by atoms with Crippen molar-refractivity contribution in [2.24, 2.45) is 4.99 Å². The SMILES string of the molecule is O=C1N=c2cc3c(cc2=CC1=Cc1sc(=S)n(-c2ccc(O)cc2)c1O)OCCO3. The molecule has 5 rings (SSSR count). The van der Waals surface area contributed by atoms with Crippen LogP contribution in [0.4, 0.5) is 0 Å². The Kier molecular flexibility index (Phi) is 4.41. The molecule has 30 heavy (non-hydrogen) atoms. The number of aromatic hydroxyl groups is 2. The first kappa shape index (κ1) is 18.6. The second-order valence-electron chi connectivity index (χ2n) is 6.62. The van der Waals surface area contributed by atoms with Crippen molar-refractivity contribution < 1.29 is 24.5 Å². The smallest absolute Gasteiger partial charge is 0.277 e. The molecule has 0 spiro atoms. The predicted octanol–water partition coefficient (Wildman–Crippen LogP) is 2.47. The molecule has 2 aromatic carbocycles. The third kappa shape index (κ3) is 3.17. The fraction of sp³-hybridized carbons (Fsp3) is 0.0952. The normalized spacial score (nSPS) is 16.0. The number of phenolic OH excluding ortho intramolecular Hbond substituents is 1. The maximum absolute atomic E-state index is 12.6. The summed E-state index contributed by atoms with van der Waals surface area (Å²) >= 11 is 6.55. The number of ether oxygens (including phenoxy) is 2. The lowest BCUT2D eigenvalue weighted by Crippen LogP contribution is -2.32. The van der Waals surface area contributed by atoms with Crippen LogP contribution in [0, 0.1) is 3.95 Å². The fourth-order valence-electron chi connectivity index (χ4n) is 3.26. The summed E-state index contributed by atoms with van der Waals surface area (Å²) < 4.78 is 13.0. The van der Waals surface area contributed by atoms with Gasteiger partial charge in [0.25, 0.3) is 5.91 Å². The zero-order valence-electron chi connectivity index (χ0n) is 15.4. The van der Waals surface area contributed by atoms with Crippen LogP contribution in [0.3, 0.4) is 0 Å². The maximum atomic E-state index is 12.6. The highest BCUT2D eigenvalue weighted by molar-refractivity contribution is 7.73. The Morgan fingerprint density at radius 1 is 1.10 bits per heavy atom. The van der Waals surface area contributed by atoms with Crippen molar-refractivity contribution in [1.82, 2.24) is 4.57 Å². The van der Waals surface area contributed by atoms with Gasteiger partial charge in [0.2, 0.25) is 5.88 Å². The van der Waals surface area contributed by atoms with Crippen LogP contribution in [0.25, 0.3) is 17.8 Å². The Labute approximate surface area is 179 Å². The number of carbonyl (C=O) groups is 1. The van der Waals surface area contributed by atoms with Crippen molar-refractivity contribution in [2.45, 2.75) is 0 Å². The molecular weight excluding hydrogens is 424 g/mol. The van der Waals surface area contributed by atoms with Crippen molar-refractivity contribution in [3.63, 3.8) is 0 Å². The van der Waals surface area contributed by atoms with Crippen LogP contribution in [0.2, 0.25) is 0 Å². The van der Waals surface area contributed by atoms with Gasteiger partial charge in [-0.1, -0.05) is 0 Å². The van der Waals surface area contributed by atoms with E-state index < -0.39 is 5.91 Å². The van der Waals surface area contributed by atoms with E-state index in [1.807, 2.05) is 0 Å². The number of thiazole rings is 1. The van der Waals surface area contributed by atoms with Gasteiger partial charge in [-0.05, 0) is 54.7 Å². The van der Waals surface area contributed by atoms with Crippen molar-refractivity contribution in [1.29, 1.82) is 0 Å². The van der Waals surface area contributed by atoms with E-state index in [-0.39, 0.29) is 11.6 Å². The van der Waals surface area contributed by atoms with Crippen LogP contribution >= 0.6 is 23.6 Å². The molecule has 0 atom stereocenters. The van der Waals surface area contributed by atoms with Gasteiger partial charge in [0.15, 0.2) is 15.5 Å². The molecule has 0 bridgehead atoms. The Morgan fingerprint density at radius 2 is 1.80 bits per heavy atom. The third-order valence-corrected chi connectivity index (χ3v) is 5.99. The van der Waals surface area contributed by atoms with Crippen molar-refractivity contribution in [2.75, 3.05) is 13.2 Å². The minimum Gasteiger partial charge on any atom is -0.508 e. The van der Waals surface area contributed by atoms with E-state index in [1.54, 1.807) is 36.4 Å². The van der Waals surface area contributed by atoms with E-state index in [0.29, 0.717) is 50.2 Å². The number of hydrogen-bond acceptors (Lipinski definition) is 7. The Bertz CT molecular complexity index is 1400. The standard InChI is InChI=1S/C21H14N2O5S2/c24-14-3-1-13(2-4-14)23-20(26)18(30-21(23)29)9-12-7-11-8-16-17(28-6-5-27-16)10-15(11)22-19(12)25/h1-4,7-10,24,26H,5-6H2. The number of aromatic nitrogens is 1. The summed E-state index contributed by atoms with van der Waals surface area (Å²) in [7, 11) is 0. The molecule has 1 amide bonds. The molecule has 0 aliphatic carbocycles. The molecule has 9 heteroatoms. The van der Waals surface area contributed by atoms with Gasteiger partial charge in [-0.2, -0.15) is 0 Å². The largest absolute Gasteiger partial charge is 0.508 e. The molecule has 2 aliphatic heterocycles. The molecule has 0 unspecified atom stereocenters. The highest BCUT2D eigenvalue weighted by Gasteiger charge is 2.18. The van der Waals surface area contributed by atoms with E-state index in [1.165, 1.54) is 28.0 Å².